The molecule has 0 aliphatic heterocycles. The SMILES string of the molecule is CC(C)(C)OC(=O)C1[C@@H](c2ccccc2)CC[C@H]1c1ncc(-c2ccc(Br)cc2)[nH]1. The maximum absolute atomic E-state index is 13.3. The Morgan fingerprint density at radius 2 is 1.70 bits per heavy atom. The van der Waals surface area contributed by atoms with Gasteiger partial charge in [0.25, 0.3) is 0 Å². The standard InChI is InChI=1S/C25H27BrN2O2/c1-25(2,3)30-24(29)22-19(16-7-5-4-6-8-16)13-14-20(22)23-27-15-21(28-23)17-9-11-18(26)12-10-17/h4-12,15,19-20,22H,13-14H2,1-3H3,(H,27,28)/t19-,20-,22?/m1/s1. The van der Waals surface area contributed by atoms with Gasteiger partial charge in [-0.15, -0.1) is 0 Å². The molecule has 3 aromatic rings. The van der Waals surface area contributed by atoms with Crippen LogP contribution in [0.4, 0.5) is 0 Å². The summed E-state index contributed by atoms with van der Waals surface area (Å²) in [6, 6.07) is 18.4. The van der Waals surface area contributed by atoms with E-state index in [1.807, 2.05) is 69.4 Å². The summed E-state index contributed by atoms with van der Waals surface area (Å²) in [5.74, 6) is 0.611. The molecule has 4 rings (SSSR count). The smallest absolute Gasteiger partial charge is 0.310 e. The van der Waals surface area contributed by atoms with Crippen molar-refractivity contribution in [1.29, 1.82) is 0 Å². The summed E-state index contributed by atoms with van der Waals surface area (Å²) >= 11 is 3.48. The van der Waals surface area contributed by atoms with Crippen LogP contribution in [0.1, 0.15) is 56.8 Å². The summed E-state index contributed by atoms with van der Waals surface area (Å²) in [6.45, 7) is 5.76. The minimum absolute atomic E-state index is 0.00857. The van der Waals surface area contributed by atoms with E-state index in [9.17, 15) is 4.79 Å². The predicted octanol–water partition coefficient (Wildman–Crippen LogP) is 6.46. The van der Waals surface area contributed by atoms with Crippen molar-refractivity contribution in [3.05, 3.63) is 76.7 Å². The number of nitrogens with zero attached hydrogens (tertiary/aromatic N) is 1. The highest BCUT2D eigenvalue weighted by Crippen LogP contribution is 2.49. The maximum Gasteiger partial charge on any atom is 0.310 e. The van der Waals surface area contributed by atoms with Crippen molar-refractivity contribution in [3.8, 4) is 11.3 Å². The van der Waals surface area contributed by atoms with Gasteiger partial charge in [-0.25, -0.2) is 4.98 Å². The molecule has 2 aromatic carbocycles. The summed E-state index contributed by atoms with van der Waals surface area (Å²) < 4.78 is 6.88. The Labute approximate surface area is 186 Å². The molecule has 5 heteroatoms. The highest BCUT2D eigenvalue weighted by Gasteiger charge is 2.45. The number of hydrogen-bond acceptors (Lipinski definition) is 3. The Kier molecular flexibility index (Phi) is 5.83. The molecule has 0 radical (unpaired) electrons. The van der Waals surface area contributed by atoms with E-state index >= 15 is 0 Å². The van der Waals surface area contributed by atoms with Gasteiger partial charge in [0.05, 0.1) is 17.8 Å². The molecule has 0 saturated heterocycles. The van der Waals surface area contributed by atoms with Crippen molar-refractivity contribution in [3.63, 3.8) is 0 Å². The molecule has 0 bridgehead atoms. The van der Waals surface area contributed by atoms with Crippen molar-refractivity contribution in [2.45, 2.75) is 51.0 Å². The van der Waals surface area contributed by atoms with Gasteiger partial charge in [0.15, 0.2) is 0 Å². The lowest BCUT2D eigenvalue weighted by Crippen LogP contribution is -2.32. The Hall–Kier alpha value is -2.40. The first kappa shape index (κ1) is 20.9. The summed E-state index contributed by atoms with van der Waals surface area (Å²) in [6.07, 6.45) is 3.70. The van der Waals surface area contributed by atoms with E-state index in [0.29, 0.717) is 0 Å². The van der Waals surface area contributed by atoms with E-state index in [1.165, 1.54) is 5.56 Å². The molecule has 156 valence electrons. The average molecular weight is 467 g/mol. The molecule has 1 heterocycles. The minimum Gasteiger partial charge on any atom is -0.460 e. The van der Waals surface area contributed by atoms with Gasteiger partial charge in [-0.1, -0.05) is 58.4 Å². The highest BCUT2D eigenvalue weighted by atomic mass is 79.9. The number of benzene rings is 2. The Balaban J connectivity index is 1.66. The monoisotopic (exact) mass is 466 g/mol. The van der Waals surface area contributed by atoms with Crippen LogP contribution in [-0.4, -0.2) is 21.5 Å². The molecule has 1 aliphatic carbocycles. The number of rotatable bonds is 4. The lowest BCUT2D eigenvalue weighted by Gasteiger charge is -2.27. The van der Waals surface area contributed by atoms with Gasteiger partial charge in [0, 0.05) is 10.4 Å². The molecule has 1 unspecified atom stereocenters. The zero-order valence-electron chi connectivity index (χ0n) is 17.6. The zero-order chi connectivity index (χ0) is 21.3. The summed E-state index contributed by atoms with van der Waals surface area (Å²) in [5.41, 5.74) is 2.71. The van der Waals surface area contributed by atoms with E-state index in [-0.39, 0.29) is 23.7 Å². The first-order chi connectivity index (χ1) is 14.3. The second-order valence-corrected chi connectivity index (χ2v) is 9.86. The Bertz CT molecular complexity index is 1010. The van der Waals surface area contributed by atoms with Crippen LogP contribution in [0.2, 0.25) is 0 Å². The van der Waals surface area contributed by atoms with E-state index in [0.717, 1.165) is 34.4 Å². The van der Waals surface area contributed by atoms with E-state index in [2.05, 4.69) is 38.0 Å². The van der Waals surface area contributed by atoms with Crippen LogP contribution >= 0.6 is 15.9 Å². The molecular formula is C25H27BrN2O2. The number of carbonyl (C=O) groups is 1. The third-order valence-corrected chi connectivity index (χ3v) is 6.19. The fourth-order valence-electron chi connectivity index (χ4n) is 4.38. The highest BCUT2D eigenvalue weighted by molar-refractivity contribution is 9.10. The van der Waals surface area contributed by atoms with Crippen LogP contribution in [0.25, 0.3) is 11.3 Å². The lowest BCUT2D eigenvalue weighted by molar-refractivity contribution is -0.161. The first-order valence-electron chi connectivity index (χ1n) is 10.4. The number of esters is 1. The summed E-state index contributed by atoms with van der Waals surface area (Å²) in [4.78, 5) is 21.4. The fraction of sp³-hybridized carbons (Fsp3) is 0.360. The van der Waals surface area contributed by atoms with Gasteiger partial charge in [0.1, 0.15) is 11.4 Å². The third kappa shape index (κ3) is 4.51. The molecular weight excluding hydrogens is 440 g/mol. The largest absolute Gasteiger partial charge is 0.460 e. The predicted molar refractivity (Wildman–Crippen MR) is 122 cm³/mol. The quantitative estimate of drug-likeness (QED) is 0.448. The number of halogens is 1. The van der Waals surface area contributed by atoms with Crippen LogP contribution in [0, 0.1) is 5.92 Å². The van der Waals surface area contributed by atoms with Crippen LogP contribution in [0.5, 0.6) is 0 Å². The van der Waals surface area contributed by atoms with Crippen molar-refractivity contribution < 1.29 is 9.53 Å². The van der Waals surface area contributed by atoms with Gasteiger partial charge >= 0.3 is 5.97 Å². The van der Waals surface area contributed by atoms with Gasteiger partial charge in [0.2, 0.25) is 0 Å². The molecule has 4 nitrogen and oxygen atoms in total. The molecule has 1 aromatic heterocycles. The van der Waals surface area contributed by atoms with Crippen LogP contribution < -0.4 is 0 Å². The number of nitrogens with one attached hydrogen (secondary N) is 1. The number of hydrogen-bond donors (Lipinski definition) is 1. The van der Waals surface area contributed by atoms with Gasteiger partial charge in [-0.2, -0.15) is 0 Å². The molecule has 3 atom stereocenters. The lowest BCUT2D eigenvalue weighted by atomic mass is 9.84. The average Bonchev–Trinajstić information content (AvgIpc) is 3.35. The molecule has 1 N–H and O–H groups in total. The van der Waals surface area contributed by atoms with E-state index in [4.69, 9.17) is 4.74 Å². The molecule has 0 amide bonds. The number of H-pyrrole nitrogens is 1. The molecule has 1 saturated carbocycles. The maximum atomic E-state index is 13.3. The van der Waals surface area contributed by atoms with Gasteiger partial charge in [-0.3, -0.25) is 4.79 Å². The number of ether oxygens (including phenoxy) is 1. The van der Waals surface area contributed by atoms with Crippen LogP contribution in [0.3, 0.4) is 0 Å². The van der Waals surface area contributed by atoms with Crippen molar-refractivity contribution in [2.75, 3.05) is 0 Å². The first-order valence-corrected chi connectivity index (χ1v) is 11.2. The van der Waals surface area contributed by atoms with Gasteiger partial charge < -0.3 is 9.72 Å². The second kappa shape index (κ2) is 8.38. The normalized spacial score (nSPS) is 21.5. The third-order valence-electron chi connectivity index (χ3n) is 5.66. The summed E-state index contributed by atoms with van der Waals surface area (Å²) in [7, 11) is 0. The number of carbonyl (C=O) groups excluding carboxylic acids is 1. The Morgan fingerprint density at radius 1 is 1.03 bits per heavy atom. The van der Waals surface area contributed by atoms with Crippen molar-refractivity contribution in [2.24, 2.45) is 5.92 Å². The van der Waals surface area contributed by atoms with Gasteiger partial charge in [-0.05, 0) is 62.8 Å². The molecule has 1 fully saturated rings. The van der Waals surface area contributed by atoms with Crippen molar-refractivity contribution >= 4 is 21.9 Å². The topological polar surface area (TPSA) is 55.0 Å². The van der Waals surface area contributed by atoms with Crippen LogP contribution in [0.15, 0.2) is 65.3 Å². The molecule has 0 spiro atoms. The van der Waals surface area contributed by atoms with E-state index in [1.54, 1.807) is 0 Å². The molecule has 1 aliphatic rings. The second-order valence-electron chi connectivity index (χ2n) is 8.95. The number of aromatic nitrogens is 2. The zero-order valence-corrected chi connectivity index (χ0v) is 19.1. The summed E-state index contributed by atoms with van der Waals surface area (Å²) in [5, 5.41) is 0. The Morgan fingerprint density at radius 3 is 2.37 bits per heavy atom. The molecule has 30 heavy (non-hydrogen) atoms. The fourth-order valence-corrected chi connectivity index (χ4v) is 4.64. The van der Waals surface area contributed by atoms with E-state index < -0.39 is 5.60 Å². The number of imidazole rings is 1. The minimum atomic E-state index is -0.517. The van der Waals surface area contributed by atoms with Crippen molar-refractivity contribution in [1.82, 2.24) is 9.97 Å². The number of aromatic amines is 1. The van der Waals surface area contributed by atoms with Crippen LogP contribution in [-0.2, 0) is 9.53 Å².